The number of nitrogens with zero attached hydrogens (tertiary/aromatic N) is 1. The van der Waals surface area contributed by atoms with Gasteiger partial charge in [0.15, 0.2) is 0 Å². The Morgan fingerprint density at radius 1 is 1.50 bits per heavy atom. The van der Waals surface area contributed by atoms with Gasteiger partial charge in [-0.25, -0.2) is 0 Å². The molecule has 0 aliphatic carbocycles. The predicted molar refractivity (Wildman–Crippen MR) is 62.2 cm³/mol. The number of hydrogen-bond donors (Lipinski definition) is 1. The highest BCUT2D eigenvalue weighted by Gasteiger charge is 2.29. The first-order valence-corrected chi connectivity index (χ1v) is 6.28. The Labute approximate surface area is 97.3 Å². The molecule has 1 amide bonds. The lowest BCUT2D eigenvalue weighted by Gasteiger charge is -2.37. The molecule has 0 saturated carbocycles. The number of rotatable bonds is 2. The van der Waals surface area contributed by atoms with Crippen LogP contribution in [0.5, 0.6) is 0 Å². The molecule has 3 atom stereocenters. The first-order valence-electron chi connectivity index (χ1n) is 6.28. The van der Waals surface area contributed by atoms with E-state index < -0.39 is 0 Å². The van der Waals surface area contributed by atoms with Crippen molar-refractivity contribution in [1.29, 1.82) is 0 Å². The van der Waals surface area contributed by atoms with Crippen molar-refractivity contribution in [1.82, 2.24) is 10.2 Å². The molecule has 0 aromatic carbocycles. The molecule has 0 aromatic heterocycles. The molecular formula is C12H22N2O2. The first-order chi connectivity index (χ1) is 7.66. The van der Waals surface area contributed by atoms with Gasteiger partial charge in [0, 0.05) is 13.0 Å². The lowest BCUT2D eigenvalue weighted by Crippen LogP contribution is -2.50. The maximum atomic E-state index is 12.2. The summed E-state index contributed by atoms with van der Waals surface area (Å²) >= 11 is 0. The number of carbonyl (C=O) groups is 1. The Bertz CT molecular complexity index is 251. The highest BCUT2D eigenvalue weighted by Crippen LogP contribution is 2.18. The van der Waals surface area contributed by atoms with Crippen LogP contribution >= 0.6 is 0 Å². The van der Waals surface area contributed by atoms with Gasteiger partial charge >= 0.3 is 0 Å². The second-order valence-corrected chi connectivity index (χ2v) is 5.10. The summed E-state index contributed by atoms with van der Waals surface area (Å²) in [6.45, 7) is 7.59. The molecular weight excluding hydrogens is 204 g/mol. The van der Waals surface area contributed by atoms with Crippen molar-refractivity contribution < 1.29 is 9.53 Å². The van der Waals surface area contributed by atoms with E-state index in [-0.39, 0.29) is 12.1 Å². The van der Waals surface area contributed by atoms with Crippen molar-refractivity contribution in [3.05, 3.63) is 0 Å². The summed E-state index contributed by atoms with van der Waals surface area (Å²) in [5.41, 5.74) is 0. The SMILES string of the molecule is CC1CN(C(=O)CC2CCNC2)C(C)CO1. The zero-order chi connectivity index (χ0) is 11.5. The first kappa shape index (κ1) is 11.9. The fraction of sp³-hybridized carbons (Fsp3) is 0.917. The van der Waals surface area contributed by atoms with Gasteiger partial charge in [-0.3, -0.25) is 4.79 Å². The second kappa shape index (κ2) is 5.15. The van der Waals surface area contributed by atoms with E-state index >= 15 is 0 Å². The highest BCUT2D eigenvalue weighted by molar-refractivity contribution is 5.77. The van der Waals surface area contributed by atoms with Gasteiger partial charge < -0.3 is 15.0 Å². The van der Waals surface area contributed by atoms with Crippen molar-refractivity contribution in [3.63, 3.8) is 0 Å². The zero-order valence-corrected chi connectivity index (χ0v) is 10.2. The summed E-state index contributed by atoms with van der Waals surface area (Å²) in [7, 11) is 0. The van der Waals surface area contributed by atoms with Gasteiger partial charge in [-0.1, -0.05) is 0 Å². The van der Waals surface area contributed by atoms with E-state index in [4.69, 9.17) is 4.74 Å². The standard InChI is InChI=1S/C12H22N2O2/c1-9-8-16-10(2)7-14(9)12(15)5-11-3-4-13-6-11/h9-11,13H,3-8H2,1-2H3. The van der Waals surface area contributed by atoms with E-state index in [2.05, 4.69) is 12.2 Å². The van der Waals surface area contributed by atoms with Crippen molar-refractivity contribution in [2.24, 2.45) is 5.92 Å². The van der Waals surface area contributed by atoms with E-state index in [1.54, 1.807) is 0 Å². The molecule has 4 heteroatoms. The molecule has 16 heavy (non-hydrogen) atoms. The van der Waals surface area contributed by atoms with Crippen molar-refractivity contribution in [2.75, 3.05) is 26.2 Å². The average Bonchev–Trinajstić information content (AvgIpc) is 2.74. The lowest BCUT2D eigenvalue weighted by atomic mass is 10.0. The Kier molecular flexibility index (Phi) is 3.82. The number of nitrogens with one attached hydrogen (secondary N) is 1. The summed E-state index contributed by atoms with van der Waals surface area (Å²) in [4.78, 5) is 14.1. The Hall–Kier alpha value is -0.610. The van der Waals surface area contributed by atoms with E-state index in [0.29, 0.717) is 24.9 Å². The molecule has 2 heterocycles. The quantitative estimate of drug-likeness (QED) is 0.750. The summed E-state index contributed by atoms with van der Waals surface area (Å²) in [5.74, 6) is 0.842. The van der Waals surface area contributed by atoms with Crippen molar-refractivity contribution in [3.8, 4) is 0 Å². The summed E-state index contributed by atoms with van der Waals surface area (Å²) < 4.78 is 5.53. The monoisotopic (exact) mass is 226 g/mol. The predicted octanol–water partition coefficient (Wildman–Crippen LogP) is 0.622. The molecule has 2 rings (SSSR count). The van der Waals surface area contributed by atoms with E-state index in [1.807, 2.05) is 11.8 Å². The Balaban J connectivity index is 1.86. The minimum atomic E-state index is 0.182. The molecule has 0 bridgehead atoms. The molecule has 4 nitrogen and oxygen atoms in total. The summed E-state index contributed by atoms with van der Waals surface area (Å²) in [5, 5.41) is 3.31. The van der Waals surface area contributed by atoms with Crippen molar-refractivity contribution in [2.45, 2.75) is 38.8 Å². The van der Waals surface area contributed by atoms with Gasteiger partial charge in [0.05, 0.1) is 18.8 Å². The third-order valence-electron chi connectivity index (χ3n) is 3.55. The highest BCUT2D eigenvalue weighted by atomic mass is 16.5. The van der Waals surface area contributed by atoms with Crippen LogP contribution in [-0.4, -0.2) is 49.2 Å². The van der Waals surface area contributed by atoms with Gasteiger partial charge in [0.25, 0.3) is 0 Å². The van der Waals surface area contributed by atoms with E-state index in [1.165, 1.54) is 0 Å². The van der Waals surface area contributed by atoms with Gasteiger partial charge in [-0.2, -0.15) is 0 Å². The molecule has 1 N–H and O–H groups in total. The van der Waals surface area contributed by atoms with Crippen LogP contribution in [0.1, 0.15) is 26.7 Å². The van der Waals surface area contributed by atoms with Crippen LogP contribution in [0.3, 0.4) is 0 Å². The minimum Gasteiger partial charge on any atom is -0.375 e. The van der Waals surface area contributed by atoms with Crippen LogP contribution in [0.2, 0.25) is 0 Å². The minimum absolute atomic E-state index is 0.182. The number of morpholine rings is 1. The van der Waals surface area contributed by atoms with Gasteiger partial charge in [-0.05, 0) is 39.3 Å². The average molecular weight is 226 g/mol. The molecule has 3 unspecified atom stereocenters. The van der Waals surface area contributed by atoms with Gasteiger partial charge in [0.2, 0.25) is 5.91 Å². The molecule has 2 saturated heterocycles. The fourth-order valence-corrected chi connectivity index (χ4v) is 2.50. The second-order valence-electron chi connectivity index (χ2n) is 5.10. The maximum absolute atomic E-state index is 12.2. The van der Waals surface area contributed by atoms with Crippen LogP contribution in [0.15, 0.2) is 0 Å². The maximum Gasteiger partial charge on any atom is 0.223 e. The normalized spacial score (nSPS) is 35.4. The Morgan fingerprint density at radius 2 is 2.31 bits per heavy atom. The molecule has 92 valence electrons. The van der Waals surface area contributed by atoms with Crippen LogP contribution in [0.4, 0.5) is 0 Å². The third kappa shape index (κ3) is 2.74. The zero-order valence-electron chi connectivity index (χ0n) is 10.2. The third-order valence-corrected chi connectivity index (χ3v) is 3.55. The molecule has 2 aliphatic heterocycles. The van der Waals surface area contributed by atoms with Crippen LogP contribution < -0.4 is 5.32 Å². The van der Waals surface area contributed by atoms with Crippen LogP contribution in [0.25, 0.3) is 0 Å². The fourth-order valence-electron chi connectivity index (χ4n) is 2.50. The van der Waals surface area contributed by atoms with Crippen LogP contribution in [0, 0.1) is 5.92 Å². The smallest absolute Gasteiger partial charge is 0.223 e. The number of hydrogen-bond acceptors (Lipinski definition) is 3. The molecule has 2 aliphatic rings. The molecule has 0 aromatic rings. The molecule has 0 radical (unpaired) electrons. The van der Waals surface area contributed by atoms with Gasteiger partial charge in [-0.15, -0.1) is 0 Å². The van der Waals surface area contributed by atoms with E-state index in [0.717, 1.165) is 26.1 Å². The molecule has 0 spiro atoms. The lowest BCUT2D eigenvalue weighted by molar-refractivity contribution is -0.144. The van der Waals surface area contributed by atoms with Gasteiger partial charge in [0.1, 0.15) is 0 Å². The molecule has 2 fully saturated rings. The van der Waals surface area contributed by atoms with Crippen LogP contribution in [-0.2, 0) is 9.53 Å². The topological polar surface area (TPSA) is 41.6 Å². The largest absolute Gasteiger partial charge is 0.375 e. The Morgan fingerprint density at radius 3 is 3.00 bits per heavy atom. The summed E-state index contributed by atoms with van der Waals surface area (Å²) in [6.07, 6.45) is 2.02. The number of ether oxygens (including phenoxy) is 1. The van der Waals surface area contributed by atoms with E-state index in [9.17, 15) is 4.79 Å². The summed E-state index contributed by atoms with van der Waals surface area (Å²) in [6, 6.07) is 0.234. The van der Waals surface area contributed by atoms with Crippen molar-refractivity contribution >= 4 is 5.91 Å². The number of amides is 1. The number of carbonyl (C=O) groups excluding carboxylic acids is 1.